The SMILES string of the molecule is O=C(Nc1ccc(CNCCO)cc1)c1sc2ncnc3c2c1NC(=O)N3c1ccccc1Cl. The molecule has 4 N–H and O–H groups in total. The van der Waals surface area contributed by atoms with Crippen molar-refractivity contribution < 1.29 is 14.7 Å². The lowest BCUT2D eigenvalue weighted by Gasteiger charge is -2.27. The zero-order chi connectivity index (χ0) is 23.7. The lowest BCUT2D eigenvalue weighted by molar-refractivity contribution is 0.103. The second-order valence-corrected chi connectivity index (χ2v) is 8.86. The van der Waals surface area contributed by atoms with Crippen molar-refractivity contribution in [3.63, 3.8) is 0 Å². The molecule has 0 spiro atoms. The third-order valence-electron chi connectivity index (χ3n) is 5.24. The number of carbonyl (C=O) groups is 2. The van der Waals surface area contributed by atoms with Crippen LogP contribution in [-0.4, -0.2) is 40.2 Å². The second-order valence-electron chi connectivity index (χ2n) is 7.45. The number of nitrogens with one attached hydrogen (secondary N) is 3. The van der Waals surface area contributed by atoms with Crippen molar-refractivity contribution in [1.82, 2.24) is 15.3 Å². The predicted molar refractivity (Wildman–Crippen MR) is 133 cm³/mol. The Morgan fingerprint density at radius 2 is 1.94 bits per heavy atom. The number of carbonyl (C=O) groups excluding carboxylic acids is 2. The number of urea groups is 1. The Bertz CT molecular complexity index is 1390. The maximum Gasteiger partial charge on any atom is 0.332 e. The Morgan fingerprint density at radius 3 is 2.71 bits per heavy atom. The lowest BCUT2D eigenvalue weighted by Crippen LogP contribution is -2.35. The van der Waals surface area contributed by atoms with Crippen LogP contribution in [0.5, 0.6) is 0 Å². The average molecular weight is 495 g/mol. The minimum Gasteiger partial charge on any atom is -0.395 e. The first-order valence-electron chi connectivity index (χ1n) is 10.4. The van der Waals surface area contributed by atoms with Crippen molar-refractivity contribution in [2.45, 2.75) is 6.54 Å². The van der Waals surface area contributed by atoms with Gasteiger partial charge in [0.2, 0.25) is 0 Å². The highest BCUT2D eigenvalue weighted by atomic mass is 35.5. The number of benzene rings is 2. The molecule has 0 saturated heterocycles. The van der Waals surface area contributed by atoms with Crippen LogP contribution in [0.25, 0.3) is 10.2 Å². The van der Waals surface area contributed by atoms with E-state index in [1.54, 1.807) is 36.4 Å². The molecular formula is C23H19ClN6O3S. The number of aromatic nitrogens is 2. The Labute approximate surface area is 203 Å². The molecular weight excluding hydrogens is 476 g/mol. The summed E-state index contributed by atoms with van der Waals surface area (Å²) in [5, 5.41) is 18.6. The van der Waals surface area contributed by atoms with Crippen molar-refractivity contribution >= 4 is 68.0 Å². The molecule has 0 saturated carbocycles. The minimum absolute atomic E-state index is 0.0738. The molecule has 9 nitrogen and oxygen atoms in total. The summed E-state index contributed by atoms with van der Waals surface area (Å²) in [5.41, 5.74) is 2.51. The van der Waals surface area contributed by atoms with Crippen LogP contribution < -0.4 is 20.9 Å². The van der Waals surface area contributed by atoms with Gasteiger partial charge in [0.1, 0.15) is 16.0 Å². The Morgan fingerprint density at radius 1 is 1.15 bits per heavy atom. The van der Waals surface area contributed by atoms with E-state index in [0.717, 1.165) is 5.56 Å². The molecule has 2 aromatic heterocycles. The van der Waals surface area contributed by atoms with Crippen molar-refractivity contribution in [3.05, 3.63) is 70.3 Å². The fourth-order valence-corrected chi connectivity index (χ4v) is 4.90. The van der Waals surface area contributed by atoms with E-state index in [1.165, 1.54) is 22.6 Å². The molecule has 0 aliphatic carbocycles. The van der Waals surface area contributed by atoms with Crippen LogP contribution >= 0.6 is 22.9 Å². The third-order valence-corrected chi connectivity index (χ3v) is 6.66. The summed E-state index contributed by atoms with van der Waals surface area (Å²) < 4.78 is 0. The van der Waals surface area contributed by atoms with Gasteiger partial charge in [0.25, 0.3) is 5.91 Å². The molecule has 4 aromatic rings. The maximum absolute atomic E-state index is 13.1. The van der Waals surface area contributed by atoms with E-state index >= 15 is 0 Å². The van der Waals surface area contributed by atoms with Gasteiger partial charge in [0.15, 0.2) is 5.82 Å². The van der Waals surface area contributed by atoms with E-state index in [0.29, 0.717) is 56.1 Å². The summed E-state index contributed by atoms with van der Waals surface area (Å²) in [6.45, 7) is 1.20. The third kappa shape index (κ3) is 4.08. The van der Waals surface area contributed by atoms with Gasteiger partial charge in [-0.1, -0.05) is 35.9 Å². The van der Waals surface area contributed by atoms with Gasteiger partial charge in [-0.3, -0.25) is 4.79 Å². The van der Waals surface area contributed by atoms with Crippen molar-refractivity contribution in [3.8, 4) is 0 Å². The number of anilines is 4. The van der Waals surface area contributed by atoms with Gasteiger partial charge in [0, 0.05) is 18.8 Å². The fourth-order valence-electron chi connectivity index (χ4n) is 3.69. The van der Waals surface area contributed by atoms with Gasteiger partial charge in [0.05, 0.1) is 28.4 Å². The summed E-state index contributed by atoms with van der Waals surface area (Å²) in [6, 6.07) is 13.9. The summed E-state index contributed by atoms with van der Waals surface area (Å²) in [5.74, 6) is 0.00785. The van der Waals surface area contributed by atoms with E-state index in [2.05, 4.69) is 25.9 Å². The number of hydrogen-bond acceptors (Lipinski definition) is 7. The number of aliphatic hydroxyl groups is 1. The number of para-hydroxylation sites is 1. The monoisotopic (exact) mass is 494 g/mol. The van der Waals surface area contributed by atoms with Crippen LogP contribution in [0.4, 0.5) is 27.7 Å². The smallest absolute Gasteiger partial charge is 0.332 e. The number of rotatable bonds is 7. The van der Waals surface area contributed by atoms with Gasteiger partial charge in [-0.25, -0.2) is 19.7 Å². The van der Waals surface area contributed by atoms with E-state index < -0.39 is 6.03 Å². The average Bonchev–Trinajstić information content (AvgIpc) is 3.21. The predicted octanol–water partition coefficient (Wildman–Crippen LogP) is 4.36. The van der Waals surface area contributed by atoms with Crippen LogP contribution in [0.1, 0.15) is 15.2 Å². The highest BCUT2D eigenvalue weighted by Crippen LogP contribution is 2.45. The Hall–Kier alpha value is -3.57. The zero-order valence-corrected chi connectivity index (χ0v) is 19.3. The van der Waals surface area contributed by atoms with Crippen LogP contribution in [0.15, 0.2) is 54.9 Å². The number of nitrogens with zero attached hydrogens (tertiary/aromatic N) is 3. The lowest BCUT2D eigenvalue weighted by atomic mass is 10.2. The number of hydrogen-bond donors (Lipinski definition) is 4. The molecule has 0 unspecified atom stereocenters. The summed E-state index contributed by atoms with van der Waals surface area (Å²) >= 11 is 7.51. The minimum atomic E-state index is -0.465. The molecule has 0 atom stereocenters. The first-order valence-corrected chi connectivity index (χ1v) is 11.6. The molecule has 34 heavy (non-hydrogen) atoms. The molecule has 1 aliphatic rings. The van der Waals surface area contributed by atoms with Crippen molar-refractivity contribution in [2.24, 2.45) is 0 Å². The number of amides is 3. The van der Waals surface area contributed by atoms with E-state index in [9.17, 15) is 9.59 Å². The van der Waals surface area contributed by atoms with E-state index in [4.69, 9.17) is 16.7 Å². The second kappa shape index (κ2) is 9.35. The molecule has 3 heterocycles. The summed E-state index contributed by atoms with van der Waals surface area (Å²) in [7, 11) is 0. The summed E-state index contributed by atoms with van der Waals surface area (Å²) in [4.78, 5) is 37.1. The van der Waals surface area contributed by atoms with Crippen LogP contribution in [-0.2, 0) is 6.54 Å². The first-order chi connectivity index (χ1) is 16.6. The number of thiophene rings is 1. The van der Waals surface area contributed by atoms with Crippen molar-refractivity contribution in [1.29, 1.82) is 0 Å². The number of halogens is 1. The fraction of sp³-hybridized carbons (Fsp3) is 0.130. The van der Waals surface area contributed by atoms with E-state index in [-0.39, 0.29) is 12.5 Å². The van der Waals surface area contributed by atoms with E-state index in [1.807, 2.05) is 12.1 Å². The quantitative estimate of drug-likeness (QED) is 0.283. The first kappa shape index (κ1) is 22.2. The number of aliphatic hydroxyl groups excluding tert-OH is 1. The van der Waals surface area contributed by atoms with Crippen LogP contribution in [0.3, 0.4) is 0 Å². The zero-order valence-electron chi connectivity index (χ0n) is 17.7. The largest absolute Gasteiger partial charge is 0.395 e. The topological polar surface area (TPSA) is 119 Å². The molecule has 2 aromatic carbocycles. The van der Waals surface area contributed by atoms with Gasteiger partial charge >= 0.3 is 6.03 Å². The van der Waals surface area contributed by atoms with Crippen LogP contribution in [0.2, 0.25) is 5.02 Å². The molecule has 0 bridgehead atoms. The standard InChI is InChI=1S/C23H19ClN6O3S/c24-15-3-1-2-4-16(15)30-20-17-18(29-23(30)33)19(34-22(17)27-12-26-20)21(32)28-14-7-5-13(6-8-14)11-25-9-10-31/h1-8,12,25,31H,9-11H2,(H,28,32)(H,29,33). The van der Waals surface area contributed by atoms with Gasteiger partial charge in [-0.15, -0.1) is 11.3 Å². The summed E-state index contributed by atoms with van der Waals surface area (Å²) in [6.07, 6.45) is 1.37. The van der Waals surface area contributed by atoms with Crippen LogP contribution in [0, 0.1) is 0 Å². The highest BCUT2D eigenvalue weighted by molar-refractivity contribution is 7.21. The highest BCUT2D eigenvalue weighted by Gasteiger charge is 2.34. The molecule has 0 radical (unpaired) electrons. The van der Waals surface area contributed by atoms with Gasteiger partial charge < -0.3 is 21.1 Å². The van der Waals surface area contributed by atoms with Crippen molar-refractivity contribution in [2.75, 3.05) is 28.7 Å². The molecule has 172 valence electrons. The molecule has 1 aliphatic heterocycles. The Kier molecular flexibility index (Phi) is 6.12. The molecule has 3 amide bonds. The molecule has 0 fully saturated rings. The normalized spacial score (nSPS) is 12.6. The van der Waals surface area contributed by atoms with Gasteiger partial charge in [-0.2, -0.15) is 0 Å². The van der Waals surface area contributed by atoms with Gasteiger partial charge in [-0.05, 0) is 29.8 Å². The molecule has 5 rings (SSSR count). The Balaban J connectivity index is 1.45. The maximum atomic E-state index is 13.1. The molecule has 11 heteroatoms.